The van der Waals surface area contributed by atoms with Gasteiger partial charge in [0.25, 0.3) is 5.91 Å². The van der Waals surface area contributed by atoms with E-state index in [1.807, 2.05) is 6.07 Å². The van der Waals surface area contributed by atoms with Gasteiger partial charge in [-0.25, -0.2) is 8.78 Å². The minimum Gasteiger partial charge on any atom is -0.493 e. The summed E-state index contributed by atoms with van der Waals surface area (Å²) in [6.07, 6.45) is 3.36. The molecule has 1 saturated heterocycles. The summed E-state index contributed by atoms with van der Waals surface area (Å²) in [4.78, 5) is 19.2. The lowest BCUT2D eigenvalue weighted by molar-refractivity contribution is 0.0926. The van der Waals surface area contributed by atoms with Crippen molar-refractivity contribution in [3.8, 4) is 5.75 Å². The first-order valence-electron chi connectivity index (χ1n) is 9.63. The molecular weight excluding hydrogens is 380 g/mol. The molecule has 1 amide bonds. The van der Waals surface area contributed by atoms with E-state index in [2.05, 4.69) is 15.2 Å². The van der Waals surface area contributed by atoms with Gasteiger partial charge in [-0.15, -0.1) is 0 Å². The van der Waals surface area contributed by atoms with Gasteiger partial charge in [-0.05, 0) is 37.5 Å². The second-order valence-corrected chi connectivity index (χ2v) is 7.49. The fourth-order valence-corrected chi connectivity index (χ4v) is 3.70. The maximum absolute atomic E-state index is 14.0. The molecule has 8 heteroatoms. The Morgan fingerprint density at radius 3 is 2.72 bits per heavy atom. The van der Waals surface area contributed by atoms with Crippen LogP contribution in [-0.2, 0) is 11.2 Å². The third-order valence-corrected chi connectivity index (χ3v) is 5.40. The van der Waals surface area contributed by atoms with Crippen molar-refractivity contribution in [2.75, 3.05) is 38.3 Å². The third-order valence-electron chi connectivity index (χ3n) is 5.40. The molecule has 1 aromatic heterocycles. The summed E-state index contributed by atoms with van der Waals surface area (Å²) >= 11 is 0. The van der Waals surface area contributed by atoms with Crippen molar-refractivity contribution < 1.29 is 23.0 Å². The molecule has 2 aromatic rings. The number of methoxy groups -OCH3 is 1. The summed E-state index contributed by atoms with van der Waals surface area (Å²) < 4.78 is 38.1. The number of nitrogens with zero attached hydrogens (tertiary/aromatic N) is 2. The summed E-state index contributed by atoms with van der Waals surface area (Å²) in [6.45, 7) is 2.83. The quantitative estimate of drug-likeness (QED) is 0.804. The first-order valence-corrected chi connectivity index (χ1v) is 9.63. The van der Waals surface area contributed by atoms with E-state index in [1.165, 1.54) is 13.2 Å². The van der Waals surface area contributed by atoms with Crippen molar-refractivity contribution in [2.24, 2.45) is 0 Å². The van der Waals surface area contributed by atoms with Crippen molar-refractivity contribution in [2.45, 2.75) is 24.8 Å². The van der Waals surface area contributed by atoms with Crippen molar-refractivity contribution in [1.82, 2.24) is 10.3 Å². The Labute approximate surface area is 167 Å². The first kappa shape index (κ1) is 19.6. The summed E-state index contributed by atoms with van der Waals surface area (Å²) in [5, 5.41) is 3.01. The summed E-state index contributed by atoms with van der Waals surface area (Å²) in [7, 11) is 1.35. The smallest absolute Gasteiger partial charge is 0.270 e. The number of carbonyl (C=O) groups is 1. The molecule has 1 saturated carbocycles. The number of morpholine rings is 1. The van der Waals surface area contributed by atoms with Crippen LogP contribution in [0, 0.1) is 11.6 Å². The van der Waals surface area contributed by atoms with Crippen molar-refractivity contribution >= 4 is 11.6 Å². The van der Waals surface area contributed by atoms with Crippen LogP contribution in [-0.4, -0.2) is 49.8 Å². The fourth-order valence-electron chi connectivity index (χ4n) is 3.70. The molecule has 154 valence electrons. The molecule has 0 atom stereocenters. The minimum absolute atomic E-state index is 0.0133. The molecular formula is C21H23F2N3O3. The molecule has 29 heavy (non-hydrogen) atoms. The number of hydrogen-bond acceptors (Lipinski definition) is 5. The molecule has 1 aliphatic carbocycles. The van der Waals surface area contributed by atoms with Crippen LogP contribution in [0.3, 0.4) is 0 Å². The molecule has 0 bridgehead atoms. The molecule has 2 heterocycles. The van der Waals surface area contributed by atoms with E-state index in [-0.39, 0.29) is 11.7 Å². The topological polar surface area (TPSA) is 63.7 Å². The number of ether oxygens (including phenoxy) is 2. The predicted molar refractivity (Wildman–Crippen MR) is 103 cm³/mol. The number of benzene rings is 1. The number of pyridine rings is 1. The van der Waals surface area contributed by atoms with Crippen molar-refractivity contribution in [3.05, 3.63) is 53.4 Å². The average Bonchev–Trinajstić information content (AvgIpc) is 3.47. The van der Waals surface area contributed by atoms with Crippen LogP contribution in [0.5, 0.6) is 5.75 Å². The molecule has 4 rings (SSSR count). The molecule has 0 spiro atoms. The van der Waals surface area contributed by atoms with Gasteiger partial charge in [0.15, 0.2) is 11.6 Å². The van der Waals surface area contributed by atoms with Gasteiger partial charge >= 0.3 is 0 Å². The number of aromatic nitrogens is 1. The van der Waals surface area contributed by atoms with Gasteiger partial charge in [-0.2, -0.15) is 0 Å². The lowest BCUT2D eigenvalue weighted by atomic mass is 10.0. The number of halogens is 2. The highest BCUT2D eigenvalue weighted by molar-refractivity contribution is 5.94. The molecule has 1 aliphatic heterocycles. The highest BCUT2D eigenvalue weighted by Gasteiger charge is 2.45. The molecule has 2 fully saturated rings. The predicted octanol–water partition coefficient (Wildman–Crippen LogP) is 2.71. The number of anilines is 1. The Bertz CT molecular complexity index is 912. The van der Waals surface area contributed by atoms with Crippen LogP contribution in [0.4, 0.5) is 14.5 Å². The zero-order valence-corrected chi connectivity index (χ0v) is 16.2. The van der Waals surface area contributed by atoms with Crippen LogP contribution in [0.2, 0.25) is 0 Å². The van der Waals surface area contributed by atoms with E-state index in [1.54, 1.807) is 12.3 Å². The Kier molecular flexibility index (Phi) is 5.36. The third kappa shape index (κ3) is 4.32. The van der Waals surface area contributed by atoms with Gasteiger partial charge in [0.05, 0.1) is 20.3 Å². The molecule has 0 unspecified atom stereocenters. The van der Waals surface area contributed by atoms with Gasteiger partial charge in [-0.3, -0.25) is 9.78 Å². The Balaban J connectivity index is 1.49. The second-order valence-electron chi connectivity index (χ2n) is 7.49. The van der Waals surface area contributed by atoms with Crippen LogP contribution >= 0.6 is 0 Å². The van der Waals surface area contributed by atoms with E-state index in [0.717, 1.165) is 37.7 Å². The first-order chi connectivity index (χ1) is 14.0. The van der Waals surface area contributed by atoms with E-state index < -0.39 is 17.2 Å². The lowest BCUT2D eigenvalue weighted by Gasteiger charge is -2.29. The maximum atomic E-state index is 14.0. The number of rotatable bonds is 6. The molecule has 0 radical (unpaired) electrons. The van der Waals surface area contributed by atoms with Gasteiger partial charge < -0.3 is 19.7 Å². The highest BCUT2D eigenvalue weighted by atomic mass is 19.1. The van der Waals surface area contributed by atoms with Crippen molar-refractivity contribution in [3.63, 3.8) is 0 Å². The average molecular weight is 403 g/mol. The Morgan fingerprint density at radius 2 is 2.03 bits per heavy atom. The van der Waals surface area contributed by atoms with E-state index in [0.29, 0.717) is 30.9 Å². The van der Waals surface area contributed by atoms with Gasteiger partial charge in [0, 0.05) is 42.1 Å². The Morgan fingerprint density at radius 1 is 1.28 bits per heavy atom. The van der Waals surface area contributed by atoms with E-state index >= 15 is 0 Å². The number of amides is 1. The summed E-state index contributed by atoms with van der Waals surface area (Å²) in [6, 6.07) is 5.68. The number of hydrogen-bond donors (Lipinski definition) is 1. The van der Waals surface area contributed by atoms with Gasteiger partial charge in [0.1, 0.15) is 11.5 Å². The second kappa shape index (κ2) is 7.94. The zero-order valence-electron chi connectivity index (χ0n) is 16.2. The number of nitrogens with one attached hydrogen (secondary N) is 1. The largest absolute Gasteiger partial charge is 0.493 e. The van der Waals surface area contributed by atoms with Crippen molar-refractivity contribution in [1.29, 1.82) is 0 Å². The molecule has 6 nitrogen and oxygen atoms in total. The van der Waals surface area contributed by atoms with Crippen LogP contribution in [0.15, 0.2) is 30.5 Å². The number of carbonyl (C=O) groups excluding carboxylic acids is 1. The Hall–Kier alpha value is -2.74. The minimum atomic E-state index is -0.746. The molecule has 1 N–H and O–H groups in total. The normalized spacial score (nSPS) is 17.7. The van der Waals surface area contributed by atoms with E-state index in [9.17, 15) is 13.6 Å². The van der Waals surface area contributed by atoms with Gasteiger partial charge in [-0.1, -0.05) is 0 Å². The molecule has 1 aromatic carbocycles. The molecule has 2 aliphatic rings. The SMILES string of the molecule is COc1c(F)cc(F)cc1CC1(NC(=O)c2cc(N3CCOCC3)ccn2)CC1. The van der Waals surface area contributed by atoms with Crippen LogP contribution in [0.1, 0.15) is 28.9 Å². The highest BCUT2D eigenvalue weighted by Crippen LogP contribution is 2.41. The fraction of sp³-hybridized carbons (Fsp3) is 0.429. The maximum Gasteiger partial charge on any atom is 0.270 e. The zero-order chi connectivity index (χ0) is 20.4. The van der Waals surface area contributed by atoms with E-state index in [4.69, 9.17) is 9.47 Å². The van der Waals surface area contributed by atoms with Crippen LogP contribution in [0.25, 0.3) is 0 Å². The standard InChI is InChI=1S/C21H23F2N3O3/c1-28-19-14(10-15(22)11-17(19)23)13-21(3-4-21)25-20(27)18-12-16(2-5-24-18)26-6-8-29-9-7-26/h2,5,10-12H,3-4,6-9,13H2,1H3,(H,25,27). The summed E-state index contributed by atoms with van der Waals surface area (Å²) in [5.74, 6) is -1.70. The summed E-state index contributed by atoms with van der Waals surface area (Å²) in [5.41, 5.74) is 1.10. The monoisotopic (exact) mass is 403 g/mol. The van der Waals surface area contributed by atoms with Gasteiger partial charge in [0.2, 0.25) is 0 Å². The van der Waals surface area contributed by atoms with Crippen LogP contribution < -0.4 is 15.0 Å². The lowest BCUT2D eigenvalue weighted by Crippen LogP contribution is -2.39.